The Labute approximate surface area is 123 Å². The average molecular weight is 278 g/mol. The van der Waals surface area contributed by atoms with Crippen LogP contribution < -0.4 is 4.74 Å². The molecule has 3 heteroatoms. The Morgan fingerprint density at radius 2 is 1.81 bits per heavy atom. The lowest BCUT2D eigenvalue weighted by atomic mass is 10.2. The molecular formula is C18H14O3. The van der Waals surface area contributed by atoms with Crippen LogP contribution in [0, 0.1) is 11.8 Å². The minimum Gasteiger partial charge on any atom is -0.480 e. The molecule has 0 amide bonds. The molecule has 0 spiro atoms. The summed E-state index contributed by atoms with van der Waals surface area (Å²) in [7, 11) is 0. The Morgan fingerprint density at radius 3 is 2.57 bits per heavy atom. The van der Waals surface area contributed by atoms with Crippen molar-refractivity contribution < 1.29 is 14.6 Å². The Kier molecular flexibility index (Phi) is 5.19. The van der Waals surface area contributed by atoms with E-state index >= 15 is 0 Å². The molecule has 0 aliphatic carbocycles. The summed E-state index contributed by atoms with van der Waals surface area (Å²) >= 11 is 0. The third-order valence-corrected chi connectivity index (χ3v) is 2.63. The summed E-state index contributed by atoms with van der Waals surface area (Å²) in [6.45, 7) is 0.243. The van der Waals surface area contributed by atoms with Crippen molar-refractivity contribution in [2.45, 2.75) is 0 Å². The summed E-state index contributed by atoms with van der Waals surface area (Å²) < 4.78 is 5.57. The number of carboxylic acids is 1. The van der Waals surface area contributed by atoms with Crippen molar-refractivity contribution in [3.63, 3.8) is 0 Å². The van der Waals surface area contributed by atoms with Gasteiger partial charge in [0, 0.05) is 17.2 Å². The summed E-state index contributed by atoms with van der Waals surface area (Å²) in [6.07, 6.45) is 2.58. The molecular weight excluding hydrogens is 264 g/mol. The highest BCUT2D eigenvalue weighted by Crippen LogP contribution is 2.19. The van der Waals surface area contributed by atoms with Crippen LogP contribution >= 0.6 is 0 Å². The third-order valence-electron chi connectivity index (χ3n) is 2.63. The fourth-order valence-electron chi connectivity index (χ4n) is 1.68. The highest BCUT2D eigenvalue weighted by atomic mass is 16.5. The van der Waals surface area contributed by atoms with E-state index in [0.29, 0.717) is 11.3 Å². The number of ether oxygens (including phenoxy) is 1. The van der Waals surface area contributed by atoms with E-state index in [1.165, 1.54) is 6.08 Å². The number of benzene rings is 2. The summed E-state index contributed by atoms with van der Waals surface area (Å²) in [5, 5.41) is 8.66. The molecule has 0 bridgehead atoms. The molecule has 0 aliphatic rings. The number of hydrogen-bond donors (Lipinski definition) is 1. The second kappa shape index (κ2) is 7.56. The number of hydrogen-bond acceptors (Lipinski definition) is 2. The third kappa shape index (κ3) is 4.88. The van der Waals surface area contributed by atoms with Crippen molar-refractivity contribution in [3.8, 4) is 17.6 Å². The van der Waals surface area contributed by atoms with Gasteiger partial charge in [-0.15, -0.1) is 0 Å². The molecule has 0 fully saturated rings. The largest absolute Gasteiger partial charge is 0.480 e. The highest BCUT2D eigenvalue weighted by Gasteiger charge is 1.99. The van der Waals surface area contributed by atoms with Gasteiger partial charge in [0.1, 0.15) is 12.4 Å². The Balaban J connectivity index is 2.01. The van der Waals surface area contributed by atoms with Crippen LogP contribution in [0.3, 0.4) is 0 Å². The van der Waals surface area contributed by atoms with Crippen molar-refractivity contribution in [1.82, 2.24) is 0 Å². The van der Waals surface area contributed by atoms with E-state index in [4.69, 9.17) is 9.84 Å². The minimum absolute atomic E-state index is 0.243. The van der Waals surface area contributed by atoms with Crippen LogP contribution in [0.5, 0.6) is 5.75 Å². The first kappa shape index (κ1) is 14.4. The van der Waals surface area contributed by atoms with Crippen molar-refractivity contribution >= 4 is 12.0 Å². The zero-order valence-electron chi connectivity index (χ0n) is 11.3. The smallest absolute Gasteiger partial charge is 0.328 e. The van der Waals surface area contributed by atoms with Gasteiger partial charge in [-0.05, 0) is 24.3 Å². The van der Waals surface area contributed by atoms with Crippen molar-refractivity contribution in [1.29, 1.82) is 0 Å². The first-order valence-corrected chi connectivity index (χ1v) is 6.42. The fourth-order valence-corrected chi connectivity index (χ4v) is 1.68. The Hall–Kier alpha value is -2.99. The molecule has 1 N–H and O–H groups in total. The van der Waals surface area contributed by atoms with E-state index in [1.54, 1.807) is 12.1 Å². The van der Waals surface area contributed by atoms with Crippen LogP contribution in [-0.2, 0) is 4.79 Å². The molecule has 21 heavy (non-hydrogen) atoms. The van der Waals surface area contributed by atoms with E-state index < -0.39 is 5.97 Å². The summed E-state index contributed by atoms with van der Waals surface area (Å²) in [4.78, 5) is 10.6. The van der Waals surface area contributed by atoms with E-state index in [0.717, 1.165) is 11.6 Å². The molecule has 0 atom stereocenters. The van der Waals surface area contributed by atoms with Gasteiger partial charge in [-0.1, -0.05) is 48.2 Å². The van der Waals surface area contributed by atoms with E-state index in [1.807, 2.05) is 42.5 Å². The van der Waals surface area contributed by atoms with Crippen molar-refractivity contribution in [2.24, 2.45) is 0 Å². The van der Waals surface area contributed by atoms with E-state index in [2.05, 4.69) is 11.8 Å². The zero-order valence-corrected chi connectivity index (χ0v) is 11.3. The van der Waals surface area contributed by atoms with Crippen LogP contribution in [0.15, 0.2) is 60.7 Å². The minimum atomic E-state index is -0.992. The number of carbonyl (C=O) groups is 1. The maximum Gasteiger partial charge on any atom is 0.328 e. The van der Waals surface area contributed by atoms with E-state index in [-0.39, 0.29) is 6.61 Å². The van der Waals surface area contributed by atoms with Crippen LogP contribution in [0.25, 0.3) is 6.08 Å². The average Bonchev–Trinajstić information content (AvgIpc) is 2.51. The molecule has 0 radical (unpaired) electrons. The van der Waals surface area contributed by atoms with E-state index in [9.17, 15) is 4.79 Å². The number of aliphatic carboxylic acids is 1. The summed E-state index contributed by atoms with van der Waals surface area (Å²) in [6, 6.07) is 16.9. The maximum atomic E-state index is 10.6. The van der Waals surface area contributed by atoms with Gasteiger partial charge in [0.2, 0.25) is 0 Å². The highest BCUT2D eigenvalue weighted by molar-refractivity contribution is 5.85. The van der Waals surface area contributed by atoms with Gasteiger partial charge in [0.15, 0.2) is 0 Å². The topological polar surface area (TPSA) is 46.5 Å². The number of para-hydroxylation sites is 1. The van der Waals surface area contributed by atoms with Crippen LogP contribution in [0.2, 0.25) is 0 Å². The quantitative estimate of drug-likeness (QED) is 0.690. The maximum absolute atomic E-state index is 10.6. The van der Waals surface area contributed by atoms with Crippen molar-refractivity contribution in [3.05, 3.63) is 71.8 Å². The Bertz CT molecular complexity index is 691. The standard InChI is InChI=1S/C18H14O3/c19-18(20)13-12-16-10-4-5-11-17(16)21-14-6-9-15-7-2-1-3-8-15/h1-5,7-8,10-13H,14H2,(H,19,20). The van der Waals surface area contributed by atoms with Gasteiger partial charge in [-0.25, -0.2) is 4.79 Å². The second-order valence-corrected chi connectivity index (χ2v) is 4.17. The second-order valence-electron chi connectivity index (χ2n) is 4.17. The lowest BCUT2D eigenvalue weighted by molar-refractivity contribution is -0.131. The first-order chi connectivity index (χ1) is 10.3. The molecule has 2 rings (SSSR count). The SMILES string of the molecule is O=C(O)C=Cc1ccccc1OCC#Cc1ccccc1. The lowest BCUT2D eigenvalue weighted by Crippen LogP contribution is -1.96. The van der Waals surface area contributed by atoms with Gasteiger partial charge in [0.05, 0.1) is 0 Å². The summed E-state index contributed by atoms with van der Waals surface area (Å²) in [5.41, 5.74) is 1.64. The molecule has 2 aromatic rings. The monoisotopic (exact) mass is 278 g/mol. The lowest BCUT2D eigenvalue weighted by Gasteiger charge is -2.05. The van der Waals surface area contributed by atoms with Gasteiger partial charge >= 0.3 is 5.97 Å². The van der Waals surface area contributed by atoms with Crippen molar-refractivity contribution in [2.75, 3.05) is 6.61 Å². The predicted molar refractivity (Wildman–Crippen MR) is 81.9 cm³/mol. The molecule has 0 aromatic heterocycles. The van der Waals surface area contributed by atoms with Crippen LogP contribution in [0.1, 0.15) is 11.1 Å². The molecule has 0 aliphatic heterocycles. The van der Waals surface area contributed by atoms with Crippen LogP contribution in [-0.4, -0.2) is 17.7 Å². The first-order valence-electron chi connectivity index (χ1n) is 6.42. The molecule has 3 nitrogen and oxygen atoms in total. The molecule has 104 valence electrons. The van der Waals surface area contributed by atoms with Gasteiger partial charge in [-0.2, -0.15) is 0 Å². The van der Waals surface area contributed by atoms with Gasteiger partial charge < -0.3 is 9.84 Å². The molecule has 2 aromatic carbocycles. The van der Waals surface area contributed by atoms with Gasteiger partial charge in [-0.3, -0.25) is 0 Å². The molecule has 0 saturated carbocycles. The Morgan fingerprint density at radius 1 is 1.10 bits per heavy atom. The normalized spacial score (nSPS) is 9.90. The molecule has 0 heterocycles. The molecule has 0 saturated heterocycles. The molecule has 0 unspecified atom stereocenters. The van der Waals surface area contributed by atoms with Gasteiger partial charge in [0.25, 0.3) is 0 Å². The van der Waals surface area contributed by atoms with Crippen LogP contribution in [0.4, 0.5) is 0 Å². The predicted octanol–water partition coefficient (Wildman–Crippen LogP) is 3.21. The fraction of sp³-hybridized carbons (Fsp3) is 0.0556. The zero-order chi connectivity index (χ0) is 14.9. The summed E-state index contributed by atoms with van der Waals surface area (Å²) in [5.74, 6) is 5.54. The number of rotatable bonds is 4. The number of carboxylic acid groups (broad SMARTS) is 1.